The maximum Gasteiger partial charge on any atom is 0.336 e. The summed E-state index contributed by atoms with van der Waals surface area (Å²) < 4.78 is 7.68. The monoisotopic (exact) mass is 451 g/mol. The van der Waals surface area contributed by atoms with Gasteiger partial charge in [0, 0.05) is 10.0 Å². The number of rotatable bonds is 4. The molecule has 1 N–H and O–H groups in total. The number of halogens is 1. The summed E-state index contributed by atoms with van der Waals surface area (Å²) in [5.41, 5.74) is 0.896. The highest BCUT2D eigenvalue weighted by atomic mass is 79.9. The fourth-order valence-electron chi connectivity index (χ4n) is 2.96. The molecule has 8 heteroatoms. The molecule has 144 valence electrons. The van der Waals surface area contributed by atoms with Crippen LogP contribution in [0, 0.1) is 6.92 Å². The molecule has 0 fully saturated rings. The van der Waals surface area contributed by atoms with Crippen LogP contribution in [0.15, 0.2) is 73.4 Å². The van der Waals surface area contributed by atoms with Crippen molar-refractivity contribution in [2.24, 2.45) is 5.10 Å². The van der Waals surface area contributed by atoms with E-state index in [0.717, 1.165) is 4.47 Å². The van der Waals surface area contributed by atoms with Crippen LogP contribution in [0.3, 0.4) is 0 Å². The Bertz CT molecular complexity index is 1340. The zero-order valence-corrected chi connectivity index (χ0v) is 16.8. The minimum atomic E-state index is -1.04. The summed E-state index contributed by atoms with van der Waals surface area (Å²) in [5.74, 6) is 0.168. The third kappa shape index (κ3) is 3.62. The fraction of sp³-hybridized carbons (Fsp3) is 0.0476. The number of aromatic carboxylic acids is 1. The molecule has 2 aromatic heterocycles. The van der Waals surface area contributed by atoms with Gasteiger partial charge < -0.3 is 9.52 Å². The Morgan fingerprint density at radius 1 is 1.21 bits per heavy atom. The molecule has 0 atom stereocenters. The van der Waals surface area contributed by atoms with E-state index in [2.05, 4.69) is 26.0 Å². The number of hydrogen-bond acceptors (Lipinski definition) is 5. The van der Waals surface area contributed by atoms with Gasteiger partial charge in [-0.05, 0) is 43.3 Å². The van der Waals surface area contributed by atoms with E-state index in [1.165, 1.54) is 17.0 Å². The molecule has 4 aromatic rings. The van der Waals surface area contributed by atoms with Crippen LogP contribution in [0.5, 0.6) is 0 Å². The van der Waals surface area contributed by atoms with Crippen molar-refractivity contribution in [3.8, 4) is 11.3 Å². The topological polar surface area (TPSA) is 97.7 Å². The van der Waals surface area contributed by atoms with E-state index in [1.807, 2.05) is 6.07 Å². The molecule has 4 rings (SSSR count). The van der Waals surface area contributed by atoms with Crippen LogP contribution < -0.4 is 5.56 Å². The van der Waals surface area contributed by atoms with Gasteiger partial charge in [0.2, 0.25) is 0 Å². The number of nitrogens with zero attached hydrogens (tertiary/aromatic N) is 3. The van der Waals surface area contributed by atoms with Gasteiger partial charge in [-0.3, -0.25) is 4.79 Å². The van der Waals surface area contributed by atoms with Gasteiger partial charge in [-0.1, -0.05) is 34.1 Å². The minimum absolute atomic E-state index is 0.140. The van der Waals surface area contributed by atoms with Gasteiger partial charge >= 0.3 is 5.97 Å². The summed E-state index contributed by atoms with van der Waals surface area (Å²) in [7, 11) is 0. The average Bonchev–Trinajstić information content (AvgIpc) is 3.17. The molecular formula is C21H14BrN3O4. The van der Waals surface area contributed by atoms with Crippen molar-refractivity contribution in [2.75, 3.05) is 0 Å². The molecule has 0 radical (unpaired) electrons. The molecular weight excluding hydrogens is 438 g/mol. The largest absolute Gasteiger partial charge is 0.478 e. The third-order valence-corrected chi connectivity index (χ3v) is 4.81. The summed E-state index contributed by atoms with van der Waals surface area (Å²) in [6, 6.07) is 15.2. The number of aromatic nitrogens is 2. The summed E-state index contributed by atoms with van der Waals surface area (Å²) in [4.78, 5) is 28.6. The summed E-state index contributed by atoms with van der Waals surface area (Å²) in [6.07, 6.45) is 1.40. The van der Waals surface area contributed by atoms with Crippen LogP contribution in [-0.4, -0.2) is 27.0 Å². The second-order valence-electron chi connectivity index (χ2n) is 6.23. The smallest absolute Gasteiger partial charge is 0.336 e. The Labute approximate surface area is 173 Å². The number of fused-ring (bicyclic) bond motifs is 1. The molecule has 0 saturated carbocycles. The normalized spacial score (nSPS) is 11.4. The molecule has 0 bridgehead atoms. The molecule has 0 unspecified atom stereocenters. The van der Waals surface area contributed by atoms with Gasteiger partial charge in [0.15, 0.2) is 0 Å². The van der Waals surface area contributed by atoms with Crippen LogP contribution >= 0.6 is 15.9 Å². The van der Waals surface area contributed by atoms with E-state index in [9.17, 15) is 14.7 Å². The van der Waals surface area contributed by atoms with Crippen molar-refractivity contribution < 1.29 is 14.3 Å². The highest BCUT2D eigenvalue weighted by Crippen LogP contribution is 2.25. The first-order chi connectivity index (χ1) is 13.9. The first kappa shape index (κ1) is 18.8. The van der Waals surface area contributed by atoms with Crippen molar-refractivity contribution in [3.63, 3.8) is 0 Å². The number of benzene rings is 2. The van der Waals surface area contributed by atoms with Crippen molar-refractivity contribution in [1.29, 1.82) is 0 Å². The quantitative estimate of drug-likeness (QED) is 0.466. The Morgan fingerprint density at radius 2 is 2.00 bits per heavy atom. The van der Waals surface area contributed by atoms with Crippen LogP contribution in [0.2, 0.25) is 0 Å². The molecule has 0 saturated heterocycles. The molecule has 0 aliphatic carbocycles. The van der Waals surface area contributed by atoms with E-state index < -0.39 is 5.97 Å². The van der Waals surface area contributed by atoms with E-state index in [-0.39, 0.29) is 11.1 Å². The summed E-state index contributed by atoms with van der Waals surface area (Å²) >= 11 is 3.36. The lowest BCUT2D eigenvalue weighted by atomic mass is 10.1. The van der Waals surface area contributed by atoms with E-state index in [1.54, 1.807) is 49.4 Å². The van der Waals surface area contributed by atoms with Crippen LogP contribution in [0.25, 0.3) is 22.2 Å². The minimum Gasteiger partial charge on any atom is -0.478 e. The zero-order chi connectivity index (χ0) is 20.5. The van der Waals surface area contributed by atoms with Gasteiger partial charge in [0.25, 0.3) is 5.56 Å². The van der Waals surface area contributed by atoms with Crippen LogP contribution in [0.1, 0.15) is 21.9 Å². The summed E-state index contributed by atoms with van der Waals surface area (Å²) in [6.45, 7) is 1.69. The van der Waals surface area contributed by atoms with Crippen LogP contribution in [-0.2, 0) is 0 Å². The predicted molar refractivity (Wildman–Crippen MR) is 113 cm³/mol. The molecule has 7 nitrogen and oxygen atoms in total. The van der Waals surface area contributed by atoms with Crippen molar-refractivity contribution in [3.05, 3.63) is 86.6 Å². The fourth-order valence-corrected chi connectivity index (χ4v) is 3.32. The lowest BCUT2D eigenvalue weighted by molar-refractivity contribution is 0.0697. The first-order valence-electron chi connectivity index (χ1n) is 8.60. The van der Waals surface area contributed by atoms with Gasteiger partial charge in [0.1, 0.15) is 17.3 Å². The average molecular weight is 452 g/mol. The van der Waals surface area contributed by atoms with E-state index >= 15 is 0 Å². The second-order valence-corrected chi connectivity index (χ2v) is 7.15. The number of hydrogen-bond donors (Lipinski definition) is 1. The van der Waals surface area contributed by atoms with E-state index in [4.69, 9.17) is 4.42 Å². The lowest BCUT2D eigenvalue weighted by Crippen LogP contribution is -2.20. The van der Waals surface area contributed by atoms with Gasteiger partial charge in [-0.25, -0.2) is 9.78 Å². The Balaban J connectivity index is 1.72. The highest BCUT2D eigenvalue weighted by Gasteiger charge is 2.14. The number of furan rings is 1. The first-order valence-corrected chi connectivity index (χ1v) is 9.39. The number of carboxylic acid groups (broad SMARTS) is 1. The number of aryl methyl sites for hydroxylation is 1. The zero-order valence-electron chi connectivity index (χ0n) is 15.2. The van der Waals surface area contributed by atoms with Crippen molar-refractivity contribution in [1.82, 2.24) is 9.66 Å². The maximum absolute atomic E-state index is 12.8. The number of carbonyl (C=O) groups is 1. The third-order valence-electron chi connectivity index (χ3n) is 4.32. The molecule has 2 heterocycles. The molecule has 0 aliphatic heterocycles. The summed E-state index contributed by atoms with van der Waals surface area (Å²) in [5, 5.41) is 14.0. The van der Waals surface area contributed by atoms with E-state index in [0.29, 0.717) is 33.8 Å². The molecule has 0 amide bonds. The Morgan fingerprint density at radius 3 is 2.79 bits per heavy atom. The predicted octanol–water partition coefficient (Wildman–Crippen LogP) is 4.31. The Hall–Kier alpha value is -3.52. The molecule has 0 spiro atoms. The lowest BCUT2D eigenvalue weighted by Gasteiger charge is -2.05. The van der Waals surface area contributed by atoms with Crippen molar-refractivity contribution >= 4 is 39.0 Å². The van der Waals surface area contributed by atoms with Gasteiger partial charge in [-0.15, -0.1) is 0 Å². The van der Waals surface area contributed by atoms with Gasteiger partial charge in [0.05, 0.1) is 22.7 Å². The molecule has 0 aliphatic rings. The highest BCUT2D eigenvalue weighted by molar-refractivity contribution is 9.10. The maximum atomic E-state index is 12.8. The van der Waals surface area contributed by atoms with Gasteiger partial charge in [-0.2, -0.15) is 9.78 Å². The second kappa shape index (κ2) is 7.48. The van der Waals surface area contributed by atoms with Crippen molar-refractivity contribution in [2.45, 2.75) is 6.92 Å². The Kier molecular flexibility index (Phi) is 4.85. The van der Waals surface area contributed by atoms with Crippen LogP contribution in [0.4, 0.5) is 0 Å². The molecule has 2 aromatic carbocycles. The molecule has 29 heavy (non-hydrogen) atoms. The number of carboxylic acids is 1. The standard InChI is InChI=1S/C21H14BrN3O4/c1-12-24-18-8-6-13(22)10-17(18)20(26)25(12)23-11-14-7-9-19(29-14)15-4-2-3-5-16(15)21(27)28/h2-11H,1H3,(H,27,28). The SMILES string of the molecule is Cc1nc2ccc(Br)cc2c(=O)n1N=Cc1ccc(-c2ccccc2C(=O)O)o1.